The zero-order valence-corrected chi connectivity index (χ0v) is 29.1. The molecule has 0 amide bonds. The van der Waals surface area contributed by atoms with Crippen molar-refractivity contribution in [3.05, 3.63) is 58.7 Å². The van der Waals surface area contributed by atoms with E-state index in [1.165, 1.54) is 0 Å². The van der Waals surface area contributed by atoms with Crippen LogP contribution in [0.2, 0.25) is 0 Å². The average molecular weight is 649 g/mol. The molecular weight excluding hydrogens is 592 g/mol. The third-order valence-corrected chi connectivity index (χ3v) is 8.44. The predicted molar refractivity (Wildman–Crippen MR) is 175 cm³/mol. The zero-order chi connectivity index (χ0) is 34.9. The molecule has 0 saturated carbocycles. The summed E-state index contributed by atoms with van der Waals surface area (Å²) in [4.78, 5) is 25.0. The van der Waals surface area contributed by atoms with Crippen molar-refractivity contribution in [1.82, 2.24) is 0 Å². The van der Waals surface area contributed by atoms with Gasteiger partial charge in [0.1, 0.15) is 23.9 Å². The fourth-order valence-electron chi connectivity index (χ4n) is 5.38. The van der Waals surface area contributed by atoms with E-state index in [9.17, 15) is 30.0 Å². The molecular formula is C36H56O10. The molecule has 4 N–H and O–H groups in total. The van der Waals surface area contributed by atoms with Gasteiger partial charge in [0.05, 0.1) is 24.2 Å². The largest absolute Gasteiger partial charge is 0.456 e. The third-order valence-electron chi connectivity index (χ3n) is 8.44. The molecule has 0 aromatic heterocycles. The molecule has 2 aliphatic rings. The lowest BCUT2D eigenvalue weighted by Crippen LogP contribution is -2.64. The van der Waals surface area contributed by atoms with Gasteiger partial charge in [-0.05, 0) is 72.5 Å². The first-order valence-corrected chi connectivity index (χ1v) is 16.2. The second-order valence-corrected chi connectivity index (χ2v) is 13.4. The lowest BCUT2D eigenvalue weighted by Gasteiger charge is -2.47. The second-order valence-electron chi connectivity index (χ2n) is 13.4. The number of cyclic esters (lactones) is 1. The normalized spacial score (nSPS) is 37.8. The van der Waals surface area contributed by atoms with Gasteiger partial charge in [-0.2, -0.15) is 0 Å². The Bertz CT molecular complexity index is 1190. The topological polar surface area (TPSA) is 152 Å². The molecule has 46 heavy (non-hydrogen) atoms. The summed E-state index contributed by atoms with van der Waals surface area (Å²) in [6.45, 7) is 17.5. The van der Waals surface area contributed by atoms with E-state index < -0.39 is 72.5 Å². The summed E-state index contributed by atoms with van der Waals surface area (Å²) in [6.07, 6.45) is 3.49. The molecule has 0 aromatic rings. The Balaban J connectivity index is 2.55. The van der Waals surface area contributed by atoms with Crippen LogP contribution < -0.4 is 0 Å². The van der Waals surface area contributed by atoms with Gasteiger partial charge in [0.25, 0.3) is 0 Å². The maximum absolute atomic E-state index is 12.7. The average Bonchev–Trinajstić information content (AvgIpc) is 2.98. The van der Waals surface area contributed by atoms with Gasteiger partial charge in [-0.1, -0.05) is 62.8 Å². The number of hydrogen-bond acceptors (Lipinski definition) is 10. The Hall–Kier alpha value is -2.60. The number of allylic oxidation sites excluding steroid dienone is 4. The van der Waals surface area contributed by atoms with Crippen LogP contribution in [-0.2, 0) is 28.5 Å². The van der Waals surface area contributed by atoms with Crippen LogP contribution in [0.4, 0.5) is 0 Å². The van der Waals surface area contributed by atoms with Crippen LogP contribution in [0.5, 0.6) is 0 Å². The van der Waals surface area contributed by atoms with E-state index >= 15 is 0 Å². The van der Waals surface area contributed by atoms with Crippen molar-refractivity contribution in [2.75, 3.05) is 0 Å². The minimum Gasteiger partial charge on any atom is -0.456 e. The van der Waals surface area contributed by atoms with Crippen molar-refractivity contribution in [1.29, 1.82) is 0 Å². The molecule has 10 nitrogen and oxygen atoms in total. The molecule has 0 spiro atoms. The summed E-state index contributed by atoms with van der Waals surface area (Å²) in [5.41, 5.74) is 1.51. The summed E-state index contributed by atoms with van der Waals surface area (Å²) < 4.78 is 23.8. The number of hydrogen-bond donors (Lipinski definition) is 4. The van der Waals surface area contributed by atoms with E-state index in [0.717, 1.165) is 16.7 Å². The molecule has 0 radical (unpaired) electrons. The SMILES string of the molecule is CC[C@H]1/C=C(\C)[C@@H](O)C/C=C/C=C(\C)C(=O)O[C@H]([C@@H](C)O)C/C=C(C)/C=C(\C)[C@@H]1O[C@@H]1OC(C)(C)[C@@H](OC(=O)C(C)C)[C@H](O)[C@@H]1O. The molecule has 0 aromatic carbocycles. The monoisotopic (exact) mass is 648 g/mol. The first-order valence-electron chi connectivity index (χ1n) is 16.2. The highest BCUT2D eigenvalue weighted by Gasteiger charge is 2.52. The Labute approximate surface area is 274 Å². The first kappa shape index (κ1) is 39.6. The van der Waals surface area contributed by atoms with Gasteiger partial charge in [0.2, 0.25) is 0 Å². The molecule has 0 unspecified atom stereocenters. The number of aliphatic hydroxyl groups excluding tert-OH is 4. The fourth-order valence-corrected chi connectivity index (χ4v) is 5.38. The Morgan fingerprint density at radius 2 is 1.70 bits per heavy atom. The Morgan fingerprint density at radius 1 is 1.04 bits per heavy atom. The van der Waals surface area contributed by atoms with E-state index in [4.69, 9.17) is 18.9 Å². The number of rotatable bonds is 6. The van der Waals surface area contributed by atoms with Crippen molar-refractivity contribution in [3.63, 3.8) is 0 Å². The third kappa shape index (κ3) is 11.0. The van der Waals surface area contributed by atoms with Gasteiger partial charge in [-0.3, -0.25) is 4.79 Å². The highest BCUT2D eigenvalue weighted by Crippen LogP contribution is 2.36. The standard InChI is InChI=1S/C36H56O10/c1-11-26-19-23(6)27(38)15-13-12-14-22(5)34(42)43-28(25(8)37)17-16-21(4)18-24(7)31(26)44-35-30(40)29(39)32(36(9,10)46-35)45-33(41)20(2)3/h12-14,16,18-20,25-32,35,37-40H,11,15,17H2,1-10H3/b13-12+,21-16+,22-14+,23-19+,24-18+/t25-,26+,27+,28+,29-,30+,31+,32+,35-/m1/s1. The minimum atomic E-state index is -1.52. The van der Waals surface area contributed by atoms with Gasteiger partial charge in [-0.25, -0.2) is 4.79 Å². The number of ether oxygens (including phenoxy) is 4. The van der Waals surface area contributed by atoms with Crippen molar-refractivity contribution < 1.29 is 49.0 Å². The predicted octanol–water partition coefficient (Wildman–Crippen LogP) is 4.61. The lowest BCUT2D eigenvalue weighted by molar-refractivity contribution is -0.333. The molecule has 0 bridgehead atoms. The molecule has 0 aliphatic carbocycles. The maximum atomic E-state index is 12.7. The van der Waals surface area contributed by atoms with Gasteiger partial charge in [0, 0.05) is 17.9 Å². The fraction of sp³-hybridized carbons (Fsp3) is 0.667. The smallest absolute Gasteiger partial charge is 0.334 e. The molecule has 10 heteroatoms. The molecule has 1 saturated heterocycles. The molecule has 2 heterocycles. The van der Waals surface area contributed by atoms with Crippen LogP contribution in [0, 0.1) is 11.8 Å². The molecule has 9 atom stereocenters. The zero-order valence-electron chi connectivity index (χ0n) is 29.1. The number of carbonyl (C=O) groups excluding carboxylic acids is 2. The van der Waals surface area contributed by atoms with Crippen molar-refractivity contribution in [2.24, 2.45) is 11.8 Å². The highest BCUT2D eigenvalue weighted by molar-refractivity contribution is 5.88. The lowest BCUT2D eigenvalue weighted by atomic mass is 9.88. The number of carbonyl (C=O) groups is 2. The maximum Gasteiger partial charge on any atom is 0.334 e. The van der Waals surface area contributed by atoms with Crippen LogP contribution in [0.3, 0.4) is 0 Å². The van der Waals surface area contributed by atoms with E-state index in [1.54, 1.807) is 59.8 Å². The number of esters is 2. The van der Waals surface area contributed by atoms with Gasteiger partial charge < -0.3 is 39.4 Å². The Kier molecular flexibility index (Phi) is 15.1. The Morgan fingerprint density at radius 3 is 2.28 bits per heavy atom. The van der Waals surface area contributed by atoms with Crippen LogP contribution >= 0.6 is 0 Å². The summed E-state index contributed by atoms with van der Waals surface area (Å²) in [5.74, 6) is -1.75. The van der Waals surface area contributed by atoms with Crippen LogP contribution in [0.1, 0.15) is 88.5 Å². The van der Waals surface area contributed by atoms with Crippen molar-refractivity contribution in [3.8, 4) is 0 Å². The molecule has 260 valence electrons. The van der Waals surface area contributed by atoms with Gasteiger partial charge in [-0.15, -0.1) is 0 Å². The summed E-state index contributed by atoms with van der Waals surface area (Å²) in [5, 5.41) is 43.5. The van der Waals surface area contributed by atoms with Crippen LogP contribution in [0.25, 0.3) is 0 Å². The summed E-state index contributed by atoms with van der Waals surface area (Å²) in [6, 6.07) is 0. The van der Waals surface area contributed by atoms with Crippen molar-refractivity contribution >= 4 is 11.9 Å². The van der Waals surface area contributed by atoms with E-state index in [-0.39, 0.29) is 12.3 Å². The highest BCUT2D eigenvalue weighted by atomic mass is 16.7. The number of aliphatic hydroxyl groups is 4. The van der Waals surface area contributed by atoms with Crippen molar-refractivity contribution in [2.45, 2.75) is 143 Å². The van der Waals surface area contributed by atoms with Crippen LogP contribution in [-0.4, -0.2) is 87.0 Å². The van der Waals surface area contributed by atoms with Crippen LogP contribution in [0.15, 0.2) is 58.7 Å². The quantitative estimate of drug-likeness (QED) is 0.237. The summed E-state index contributed by atoms with van der Waals surface area (Å²) in [7, 11) is 0. The van der Waals surface area contributed by atoms with E-state index in [0.29, 0.717) is 18.4 Å². The second kappa shape index (κ2) is 17.5. The minimum absolute atomic E-state index is 0.262. The van der Waals surface area contributed by atoms with E-state index in [2.05, 4.69) is 0 Å². The van der Waals surface area contributed by atoms with Gasteiger partial charge >= 0.3 is 11.9 Å². The van der Waals surface area contributed by atoms with Gasteiger partial charge in [0.15, 0.2) is 12.4 Å². The molecule has 1 fully saturated rings. The first-order chi connectivity index (χ1) is 21.4. The van der Waals surface area contributed by atoms with E-state index in [1.807, 2.05) is 45.9 Å². The molecule has 2 aliphatic heterocycles. The molecule has 2 rings (SSSR count). The summed E-state index contributed by atoms with van der Waals surface area (Å²) >= 11 is 0.